The van der Waals surface area contributed by atoms with E-state index in [-0.39, 0.29) is 16.5 Å². The molecule has 0 bridgehead atoms. The molecule has 1 aromatic heterocycles. The molecule has 0 unspecified atom stereocenters. The molecule has 0 atom stereocenters. The van der Waals surface area contributed by atoms with Crippen molar-refractivity contribution in [2.45, 2.75) is 13.8 Å². The van der Waals surface area contributed by atoms with Crippen LogP contribution in [0.3, 0.4) is 0 Å². The Morgan fingerprint density at radius 1 is 1.37 bits per heavy atom. The first-order valence-electron chi connectivity index (χ1n) is 5.67. The summed E-state index contributed by atoms with van der Waals surface area (Å²) in [6.45, 7) is 3.56. The van der Waals surface area contributed by atoms with Gasteiger partial charge in [0.1, 0.15) is 10.6 Å². The smallest absolute Gasteiger partial charge is 0.307 e. The van der Waals surface area contributed by atoms with Crippen LogP contribution in [0.5, 0.6) is 5.75 Å². The van der Waals surface area contributed by atoms with Crippen molar-refractivity contribution in [1.29, 1.82) is 0 Å². The lowest BCUT2D eigenvalue weighted by molar-refractivity contribution is 0.102. The molecule has 0 aliphatic heterocycles. The fourth-order valence-electron chi connectivity index (χ4n) is 1.66. The molecule has 19 heavy (non-hydrogen) atoms. The van der Waals surface area contributed by atoms with E-state index in [2.05, 4.69) is 5.32 Å². The number of aromatic hydroxyl groups is 1. The summed E-state index contributed by atoms with van der Waals surface area (Å²) in [5.41, 5.74) is 1.84. The van der Waals surface area contributed by atoms with Crippen molar-refractivity contribution in [1.82, 2.24) is 4.57 Å². The van der Waals surface area contributed by atoms with Gasteiger partial charge in [0, 0.05) is 12.7 Å². The van der Waals surface area contributed by atoms with E-state index in [4.69, 9.17) is 0 Å². The van der Waals surface area contributed by atoms with Crippen LogP contribution in [0.15, 0.2) is 23.0 Å². The van der Waals surface area contributed by atoms with Crippen LogP contribution in [0.2, 0.25) is 0 Å². The average molecular weight is 278 g/mol. The highest BCUT2D eigenvalue weighted by atomic mass is 32.1. The maximum absolute atomic E-state index is 12.1. The van der Waals surface area contributed by atoms with E-state index >= 15 is 0 Å². The van der Waals surface area contributed by atoms with Crippen molar-refractivity contribution in [3.05, 3.63) is 44.0 Å². The lowest BCUT2D eigenvalue weighted by Gasteiger charge is -2.07. The Hall–Kier alpha value is -2.08. The second kappa shape index (κ2) is 4.89. The molecule has 1 amide bonds. The molecule has 100 valence electrons. The first-order chi connectivity index (χ1) is 8.90. The highest BCUT2D eigenvalue weighted by molar-refractivity contribution is 7.11. The van der Waals surface area contributed by atoms with Gasteiger partial charge in [-0.1, -0.05) is 17.4 Å². The fraction of sp³-hybridized carbons (Fsp3) is 0.231. The summed E-state index contributed by atoms with van der Waals surface area (Å²) in [5, 5.41) is 12.3. The van der Waals surface area contributed by atoms with Crippen LogP contribution < -0.4 is 10.2 Å². The quantitative estimate of drug-likeness (QED) is 0.826. The van der Waals surface area contributed by atoms with E-state index in [1.807, 2.05) is 6.92 Å². The Kier molecular flexibility index (Phi) is 3.44. The number of hydrogen-bond donors (Lipinski definition) is 2. The Bertz CT molecular complexity index is 700. The van der Waals surface area contributed by atoms with Gasteiger partial charge in [-0.25, -0.2) is 0 Å². The maximum atomic E-state index is 12.1. The summed E-state index contributed by atoms with van der Waals surface area (Å²) >= 11 is 0.891. The van der Waals surface area contributed by atoms with E-state index in [0.717, 1.165) is 16.9 Å². The Morgan fingerprint density at radius 2 is 2.05 bits per heavy atom. The number of rotatable bonds is 2. The van der Waals surface area contributed by atoms with E-state index in [1.54, 1.807) is 32.2 Å². The summed E-state index contributed by atoms with van der Waals surface area (Å²) in [6, 6.07) is 4.98. The summed E-state index contributed by atoms with van der Waals surface area (Å²) in [7, 11) is 1.62. The van der Waals surface area contributed by atoms with Gasteiger partial charge in [-0.15, -0.1) is 0 Å². The van der Waals surface area contributed by atoms with E-state index < -0.39 is 0 Å². The standard InChI is InChI=1S/C13H14N2O3S/c1-7-4-5-9(10(16)6-7)14-12(17)11-8(2)15(3)13(18)19-11/h4-6,16H,1-3H3,(H,14,17). The third-order valence-corrected chi connectivity index (χ3v) is 4.04. The number of carbonyl (C=O) groups is 1. The maximum Gasteiger partial charge on any atom is 0.307 e. The zero-order valence-electron chi connectivity index (χ0n) is 10.9. The molecule has 6 heteroatoms. The molecule has 0 saturated heterocycles. The largest absolute Gasteiger partial charge is 0.506 e. The number of nitrogens with one attached hydrogen (secondary N) is 1. The average Bonchev–Trinajstić information content (AvgIpc) is 2.60. The van der Waals surface area contributed by atoms with Gasteiger partial charge >= 0.3 is 4.87 Å². The molecule has 0 aliphatic rings. The minimum absolute atomic E-state index is 0.00859. The van der Waals surface area contributed by atoms with Crippen molar-refractivity contribution in [3.63, 3.8) is 0 Å². The molecular formula is C13H14N2O3S. The number of benzene rings is 1. The third-order valence-electron chi connectivity index (χ3n) is 2.90. The predicted octanol–water partition coefficient (Wildman–Crippen LogP) is 2.02. The second-order valence-corrected chi connectivity index (χ2v) is 5.28. The predicted molar refractivity (Wildman–Crippen MR) is 75.1 cm³/mol. The Balaban J connectivity index is 2.31. The Labute approximate surface area is 114 Å². The molecule has 0 fully saturated rings. The molecule has 0 radical (unpaired) electrons. The summed E-state index contributed by atoms with van der Waals surface area (Å²) in [5.74, 6) is -0.381. The van der Waals surface area contributed by atoms with E-state index in [9.17, 15) is 14.7 Å². The molecule has 2 aromatic rings. The summed E-state index contributed by atoms with van der Waals surface area (Å²) < 4.78 is 1.43. The van der Waals surface area contributed by atoms with Crippen LogP contribution in [-0.4, -0.2) is 15.6 Å². The first kappa shape index (κ1) is 13.4. The van der Waals surface area contributed by atoms with Crippen molar-refractivity contribution < 1.29 is 9.90 Å². The number of aromatic nitrogens is 1. The number of amides is 1. The van der Waals surface area contributed by atoms with Gasteiger partial charge in [0.05, 0.1) is 5.69 Å². The van der Waals surface area contributed by atoms with Gasteiger partial charge in [0.25, 0.3) is 5.91 Å². The normalized spacial score (nSPS) is 10.5. The lowest BCUT2D eigenvalue weighted by Crippen LogP contribution is -2.13. The van der Waals surface area contributed by atoms with Crippen LogP contribution >= 0.6 is 11.3 Å². The number of aryl methyl sites for hydroxylation is 1. The number of anilines is 1. The van der Waals surface area contributed by atoms with E-state index in [1.165, 1.54) is 4.57 Å². The van der Waals surface area contributed by atoms with Gasteiger partial charge in [0.15, 0.2) is 0 Å². The molecule has 1 heterocycles. The summed E-state index contributed by atoms with van der Waals surface area (Å²) in [6.07, 6.45) is 0. The SMILES string of the molecule is Cc1ccc(NC(=O)c2sc(=O)n(C)c2C)c(O)c1. The van der Waals surface area contributed by atoms with Crippen molar-refractivity contribution in [3.8, 4) is 5.75 Å². The highest BCUT2D eigenvalue weighted by Crippen LogP contribution is 2.25. The van der Waals surface area contributed by atoms with E-state index in [0.29, 0.717) is 16.3 Å². The molecule has 0 aliphatic carbocycles. The first-order valence-corrected chi connectivity index (χ1v) is 6.49. The summed E-state index contributed by atoms with van der Waals surface area (Å²) in [4.78, 5) is 23.7. The molecular weight excluding hydrogens is 264 g/mol. The number of carbonyl (C=O) groups excluding carboxylic acids is 1. The van der Waals surface area contributed by atoms with Gasteiger partial charge in [-0.2, -0.15) is 0 Å². The minimum Gasteiger partial charge on any atom is -0.506 e. The molecule has 5 nitrogen and oxygen atoms in total. The third kappa shape index (κ3) is 2.53. The van der Waals surface area contributed by atoms with Crippen LogP contribution in [0.4, 0.5) is 5.69 Å². The zero-order valence-corrected chi connectivity index (χ0v) is 11.7. The van der Waals surface area contributed by atoms with Gasteiger partial charge < -0.3 is 15.0 Å². The number of nitrogens with zero attached hydrogens (tertiary/aromatic N) is 1. The van der Waals surface area contributed by atoms with Crippen LogP contribution in [0.1, 0.15) is 20.9 Å². The lowest BCUT2D eigenvalue weighted by atomic mass is 10.2. The van der Waals surface area contributed by atoms with Crippen LogP contribution in [-0.2, 0) is 7.05 Å². The minimum atomic E-state index is -0.389. The van der Waals surface area contributed by atoms with Gasteiger partial charge in [-0.3, -0.25) is 9.59 Å². The number of hydrogen-bond acceptors (Lipinski definition) is 4. The fourth-order valence-corrected chi connectivity index (χ4v) is 2.53. The van der Waals surface area contributed by atoms with Crippen LogP contribution in [0, 0.1) is 13.8 Å². The van der Waals surface area contributed by atoms with Gasteiger partial charge in [0.2, 0.25) is 0 Å². The molecule has 0 saturated carbocycles. The number of thiazole rings is 1. The topological polar surface area (TPSA) is 71.3 Å². The van der Waals surface area contributed by atoms with Gasteiger partial charge in [-0.05, 0) is 31.5 Å². The second-order valence-electron chi connectivity index (χ2n) is 4.32. The zero-order chi connectivity index (χ0) is 14.2. The van der Waals surface area contributed by atoms with Crippen molar-refractivity contribution >= 4 is 22.9 Å². The molecule has 1 aromatic carbocycles. The van der Waals surface area contributed by atoms with Crippen molar-refractivity contribution in [2.75, 3.05) is 5.32 Å². The highest BCUT2D eigenvalue weighted by Gasteiger charge is 2.17. The molecule has 2 N–H and O–H groups in total. The Morgan fingerprint density at radius 3 is 2.58 bits per heavy atom. The number of phenols is 1. The van der Waals surface area contributed by atoms with Crippen molar-refractivity contribution in [2.24, 2.45) is 7.05 Å². The number of phenolic OH excluding ortho intramolecular Hbond substituents is 1. The molecule has 2 rings (SSSR count). The monoisotopic (exact) mass is 278 g/mol. The van der Waals surface area contributed by atoms with Crippen LogP contribution in [0.25, 0.3) is 0 Å². The molecule has 0 spiro atoms.